The lowest BCUT2D eigenvalue weighted by molar-refractivity contribution is -0.129. The largest absolute Gasteiger partial charge is 0.494 e. The Kier molecular flexibility index (Phi) is 5.73. The van der Waals surface area contributed by atoms with Crippen LogP contribution < -0.4 is 9.47 Å². The van der Waals surface area contributed by atoms with Gasteiger partial charge >= 0.3 is 5.97 Å². The predicted molar refractivity (Wildman–Crippen MR) is 104 cm³/mol. The minimum Gasteiger partial charge on any atom is -0.494 e. The van der Waals surface area contributed by atoms with Gasteiger partial charge in [-0.1, -0.05) is 15.9 Å². The summed E-state index contributed by atoms with van der Waals surface area (Å²) in [4.78, 5) is 16.5. The molecule has 0 N–H and O–H groups in total. The highest BCUT2D eigenvalue weighted by molar-refractivity contribution is 9.10. The summed E-state index contributed by atoms with van der Waals surface area (Å²) < 4.78 is 17.4. The summed E-state index contributed by atoms with van der Waals surface area (Å²) in [6, 6.07) is 12.9. The summed E-state index contributed by atoms with van der Waals surface area (Å²) in [5, 5.41) is 0. The minimum atomic E-state index is -0.487. The third-order valence-corrected chi connectivity index (χ3v) is 4.13. The van der Waals surface area contributed by atoms with Gasteiger partial charge in [0.1, 0.15) is 11.5 Å². The standard InChI is InChI=1S/C20H18BrNO4/c1-3-24-16-10-7-14(18(12-16)25-4-2)11-17-20(23)26-19(22-17)13-5-8-15(21)9-6-13/h5-12H,3-4H2,1-2H3/b17-11-. The number of cyclic esters (lactones) is 1. The number of halogens is 1. The van der Waals surface area contributed by atoms with Crippen molar-refractivity contribution in [3.63, 3.8) is 0 Å². The van der Waals surface area contributed by atoms with Crippen LogP contribution in [0.4, 0.5) is 0 Å². The van der Waals surface area contributed by atoms with Gasteiger partial charge in [0, 0.05) is 21.7 Å². The first-order valence-corrected chi connectivity index (χ1v) is 9.08. The van der Waals surface area contributed by atoms with Crippen LogP contribution in [0.2, 0.25) is 0 Å². The van der Waals surface area contributed by atoms with Crippen molar-refractivity contribution in [1.29, 1.82) is 0 Å². The van der Waals surface area contributed by atoms with E-state index >= 15 is 0 Å². The molecule has 0 radical (unpaired) electrons. The average Bonchev–Trinajstić information content (AvgIpc) is 2.99. The van der Waals surface area contributed by atoms with E-state index in [-0.39, 0.29) is 11.6 Å². The zero-order valence-corrected chi connectivity index (χ0v) is 16.1. The van der Waals surface area contributed by atoms with Crippen molar-refractivity contribution in [2.45, 2.75) is 13.8 Å². The summed E-state index contributed by atoms with van der Waals surface area (Å²) >= 11 is 3.38. The lowest BCUT2D eigenvalue weighted by Crippen LogP contribution is -2.05. The second kappa shape index (κ2) is 8.19. The number of carbonyl (C=O) groups excluding carboxylic acids is 1. The van der Waals surface area contributed by atoms with Gasteiger partial charge in [-0.05, 0) is 56.3 Å². The third kappa shape index (κ3) is 4.14. The molecule has 0 aliphatic carbocycles. The molecule has 0 spiro atoms. The molecule has 0 saturated heterocycles. The van der Waals surface area contributed by atoms with Crippen LogP contribution in [0, 0.1) is 0 Å². The fourth-order valence-electron chi connectivity index (χ4n) is 2.44. The Balaban J connectivity index is 1.93. The number of hydrogen-bond acceptors (Lipinski definition) is 5. The van der Waals surface area contributed by atoms with Crippen LogP contribution in [0.15, 0.2) is 57.6 Å². The van der Waals surface area contributed by atoms with Gasteiger partial charge in [-0.2, -0.15) is 0 Å². The van der Waals surface area contributed by atoms with Gasteiger partial charge in [0.25, 0.3) is 0 Å². The van der Waals surface area contributed by atoms with E-state index in [0.717, 1.165) is 15.6 Å². The molecule has 1 aliphatic rings. The molecule has 134 valence electrons. The highest BCUT2D eigenvalue weighted by Gasteiger charge is 2.24. The van der Waals surface area contributed by atoms with Crippen molar-refractivity contribution in [3.8, 4) is 11.5 Å². The molecule has 1 aliphatic heterocycles. The molecule has 0 bridgehead atoms. The van der Waals surface area contributed by atoms with E-state index in [4.69, 9.17) is 14.2 Å². The molecule has 6 heteroatoms. The lowest BCUT2D eigenvalue weighted by Gasteiger charge is -2.10. The van der Waals surface area contributed by atoms with Crippen molar-refractivity contribution in [2.75, 3.05) is 13.2 Å². The molecule has 26 heavy (non-hydrogen) atoms. The molecule has 0 aromatic heterocycles. The fourth-order valence-corrected chi connectivity index (χ4v) is 2.71. The first-order valence-electron chi connectivity index (χ1n) is 8.29. The van der Waals surface area contributed by atoms with Gasteiger partial charge in [0.2, 0.25) is 5.90 Å². The maximum atomic E-state index is 12.2. The summed E-state index contributed by atoms with van der Waals surface area (Å²) in [5.41, 5.74) is 1.71. The molecule has 0 unspecified atom stereocenters. The number of benzene rings is 2. The molecule has 2 aromatic rings. The molecule has 1 heterocycles. The Morgan fingerprint density at radius 3 is 2.50 bits per heavy atom. The van der Waals surface area contributed by atoms with Crippen LogP contribution in [-0.2, 0) is 9.53 Å². The molecule has 5 nitrogen and oxygen atoms in total. The number of ether oxygens (including phenoxy) is 3. The van der Waals surface area contributed by atoms with Gasteiger partial charge in [0.05, 0.1) is 13.2 Å². The Labute approximate surface area is 160 Å². The molecule has 0 fully saturated rings. The van der Waals surface area contributed by atoms with Crippen LogP contribution in [0.25, 0.3) is 6.08 Å². The zero-order valence-electron chi connectivity index (χ0n) is 14.5. The van der Waals surface area contributed by atoms with Crippen LogP contribution >= 0.6 is 15.9 Å². The molecule has 0 saturated carbocycles. The number of rotatable bonds is 6. The van der Waals surface area contributed by atoms with E-state index in [9.17, 15) is 4.79 Å². The zero-order chi connectivity index (χ0) is 18.5. The van der Waals surface area contributed by atoms with Crippen LogP contribution in [-0.4, -0.2) is 25.1 Å². The van der Waals surface area contributed by atoms with Gasteiger partial charge in [-0.3, -0.25) is 0 Å². The summed E-state index contributed by atoms with van der Waals surface area (Å²) in [7, 11) is 0. The van der Waals surface area contributed by atoms with Gasteiger partial charge in [-0.25, -0.2) is 9.79 Å². The van der Waals surface area contributed by atoms with Crippen LogP contribution in [0.5, 0.6) is 11.5 Å². The fraction of sp³-hybridized carbons (Fsp3) is 0.200. The van der Waals surface area contributed by atoms with Crippen LogP contribution in [0.1, 0.15) is 25.0 Å². The highest BCUT2D eigenvalue weighted by Crippen LogP contribution is 2.29. The Morgan fingerprint density at radius 2 is 1.81 bits per heavy atom. The van der Waals surface area contributed by atoms with E-state index in [1.54, 1.807) is 12.1 Å². The molecule has 0 amide bonds. The number of hydrogen-bond donors (Lipinski definition) is 0. The van der Waals surface area contributed by atoms with Gasteiger partial charge in [0.15, 0.2) is 5.70 Å². The summed E-state index contributed by atoms with van der Waals surface area (Å²) in [6.07, 6.45) is 1.66. The van der Waals surface area contributed by atoms with Gasteiger partial charge in [-0.15, -0.1) is 0 Å². The monoisotopic (exact) mass is 415 g/mol. The Hall–Kier alpha value is -2.60. The number of carbonyl (C=O) groups is 1. The summed E-state index contributed by atoms with van der Waals surface area (Å²) in [6.45, 7) is 4.89. The van der Waals surface area contributed by atoms with Crippen molar-refractivity contribution < 1.29 is 19.0 Å². The molecule has 0 atom stereocenters. The molecule has 2 aromatic carbocycles. The van der Waals surface area contributed by atoms with E-state index in [0.29, 0.717) is 24.7 Å². The van der Waals surface area contributed by atoms with E-state index in [2.05, 4.69) is 20.9 Å². The van der Waals surface area contributed by atoms with E-state index in [1.165, 1.54) is 0 Å². The second-order valence-electron chi connectivity index (χ2n) is 5.41. The SMILES string of the molecule is CCOc1ccc(/C=C2\N=C(c3ccc(Br)cc3)OC2=O)c(OCC)c1. The normalized spacial score (nSPS) is 15.0. The average molecular weight is 416 g/mol. The maximum Gasteiger partial charge on any atom is 0.363 e. The predicted octanol–water partition coefficient (Wildman–Crippen LogP) is 4.59. The van der Waals surface area contributed by atoms with E-state index in [1.807, 2.05) is 50.2 Å². The first-order chi connectivity index (χ1) is 12.6. The van der Waals surface area contributed by atoms with Crippen molar-refractivity contribution in [2.24, 2.45) is 4.99 Å². The molecule has 3 rings (SSSR count). The topological polar surface area (TPSA) is 57.1 Å². The Morgan fingerprint density at radius 1 is 1.08 bits per heavy atom. The quantitative estimate of drug-likeness (QED) is 0.511. The first kappa shape index (κ1) is 18.2. The Bertz CT molecular complexity index is 872. The molecular weight excluding hydrogens is 398 g/mol. The van der Waals surface area contributed by atoms with E-state index < -0.39 is 5.97 Å². The highest BCUT2D eigenvalue weighted by atomic mass is 79.9. The van der Waals surface area contributed by atoms with Crippen LogP contribution in [0.3, 0.4) is 0 Å². The lowest BCUT2D eigenvalue weighted by atomic mass is 10.1. The number of aliphatic imine (C=N–C) groups is 1. The third-order valence-electron chi connectivity index (χ3n) is 3.60. The minimum absolute atomic E-state index is 0.230. The van der Waals surface area contributed by atoms with Crippen molar-refractivity contribution in [1.82, 2.24) is 0 Å². The van der Waals surface area contributed by atoms with Crippen molar-refractivity contribution in [3.05, 3.63) is 63.8 Å². The molecular formula is C20H18BrNO4. The van der Waals surface area contributed by atoms with Gasteiger partial charge < -0.3 is 14.2 Å². The maximum absolute atomic E-state index is 12.2. The second-order valence-corrected chi connectivity index (χ2v) is 6.32. The summed E-state index contributed by atoms with van der Waals surface area (Å²) in [5.74, 6) is 1.15. The smallest absolute Gasteiger partial charge is 0.363 e. The van der Waals surface area contributed by atoms with Crippen molar-refractivity contribution >= 4 is 33.9 Å². The number of nitrogens with zero attached hydrogens (tertiary/aromatic N) is 1. The number of esters is 1.